The van der Waals surface area contributed by atoms with Crippen molar-refractivity contribution in [2.45, 2.75) is 37.1 Å². The molecule has 7 heteroatoms. The van der Waals surface area contributed by atoms with E-state index in [0.717, 1.165) is 29.9 Å². The maximum absolute atomic E-state index is 12.2. The number of rotatable bonds is 7. The Morgan fingerprint density at radius 2 is 2.11 bits per heavy atom. The lowest BCUT2D eigenvalue weighted by molar-refractivity contribution is 0.285. The van der Waals surface area contributed by atoms with Gasteiger partial charge in [0, 0.05) is 10.9 Å². The minimum absolute atomic E-state index is 0.118. The van der Waals surface area contributed by atoms with E-state index in [9.17, 15) is 8.42 Å². The van der Waals surface area contributed by atoms with Crippen LogP contribution in [0.3, 0.4) is 0 Å². The van der Waals surface area contributed by atoms with Crippen molar-refractivity contribution in [3.05, 3.63) is 16.5 Å². The first-order valence-electron chi connectivity index (χ1n) is 6.13. The summed E-state index contributed by atoms with van der Waals surface area (Å²) in [6.45, 7) is 4.36. The number of hydrogen-bond donors (Lipinski definition) is 2. The van der Waals surface area contributed by atoms with Crippen LogP contribution in [0.15, 0.2) is 10.3 Å². The molecule has 1 aromatic heterocycles. The number of nitrogens with zero attached hydrogens (tertiary/aromatic N) is 1. The molecular formula is C12H22N2O3S2. The van der Waals surface area contributed by atoms with Crippen LogP contribution in [0.5, 0.6) is 0 Å². The van der Waals surface area contributed by atoms with Gasteiger partial charge in [-0.2, -0.15) is 0 Å². The first-order chi connectivity index (χ1) is 8.76. The molecule has 5 nitrogen and oxygen atoms in total. The fourth-order valence-electron chi connectivity index (χ4n) is 1.61. The molecule has 0 radical (unpaired) electrons. The lowest BCUT2D eigenvalue weighted by atomic mass is 10.2. The van der Waals surface area contributed by atoms with Crippen LogP contribution in [-0.4, -0.2) is 45.1 Å². The van der Waals surface area contributed by atoms with Gasteiger partial charge in [0.2, 0.25) is 10.0 Å². The highest BCUT2D eigenvalue weighted by Crippen LogP contribution is 2.26. The fraction of sp³-hybridized carbons (Fsp3) is 0.667. The normalized spacial score (nSPS) is 14.0. The van der Waals surface area contributed by atoms with E-state index in [4.69, 9.17) is 5.11 Å². The molecule has 0 bridgehead atoms. The molecule has 0 fully saturated rings. The molecule has 110 valence electrons. The minimum atomic E-state index is -3.48. The summed E-state index contributed by atoms with van der Waals surface area (Å²) in [5.41, 5.74) is 0.814. The number of aliphatic hydroxyl groups excluding tert-OH is 1. The lowest BCUT2D eigenvalue weighted by Crippen LogP contribution is -2.34. The third-order valence-electron chi connectivity index (χ3n) is 2.77. The quantitative estimate of drug-likeness (QED) is 0.793. The van der Waals surface area contributed by atoms with Crippen LogP contribution >= 0.6 is 11.3 Å². The summed E-state index contributed by atoms with van der Waals surface area (Å²) in [5, 5.41) is 9.11. The van der Waals surface area contributed by atoms with E-state index in [0.29, 0.717) is 4.88 Å². The van der Waals surface area contributed by atoms with Crippen molar-refractivity contribution in [3.63, 3.8) is 0 Å². The lowest BCUT2D eigenvalue weighted by Gasteiger charge is -2.16. The monoisotopic (exact) mass is 306 g/mol. The smallest absolute Gasteiger partial charge is 0.250 e. The Hall–Kier alpha value is -0.470. The summed E-state index contributed by atoms with van der Waals surface area (Å²) >= 11 is 1.12. The van der Waals surface area contributed by atoms with Crippen molar-refractivity contribution >= 4 is 21.4 Å². The number of aliphatic hydroxyl groups is 1. The molecule has 1 atom stereocenters. The third kappa shape index (κ3) is 4.85. The summed E-state index contributed by atoms with van der Waals surface area (Å²) in [5.74, 6) is 0. The van der Waals surface area contributed by atoms with Crippen molar-refractivity contribution in [1.29, 1.82) is 0 Å². The van der Waals surface area contributed by atoms with Gasteiger partial charge in [0.25, 0.3) is 0 Å². The number of hydrogen-bond acceptors (Lipinski definition) is 5. The highest BCUT2D eigenvalue weighted by Gasteiger charge is 2.20. The Labute approximate surface area is 119 Å². The molecule has 1 rings (SSSR count). The van der Waals surface area contributed by atoms with E-state index in [-0.39, 0.29) is 16.9 Å². The van der Waals surface area contributed by atoms with Crippen LogP contribution in [0.4, 0.5) is 0 Å². The summed E-state index contributed by atoms with van der Waals surface area (Å²) in [4.78, 5) is 2.71. The van der Waals surface area contributed by atoms with Gasteiger partial charge in [-0.25, -0.2) is 13.1 Å². The molecule has 0 aliphatic carbocycles. The number of sulfonamides is 1. The number of aryl methyl sites for hydroxylation is 1. The van der Waals surface area contributed by atoms with Crippen LogP contribution in [0.25, 0.3) is 0 Å². The molecule has 2 N–H and O–H groups in total. The highest BCUT2D eigenvalue weighted by molar-refractivity contribution is 7.91. The maximum Gasteiger partial charge on any atom is 0.250 e. The van der Waals surface area contributed by atoms with E-state index in [2.05, 4.69) is 4.72 Å². The fourth-order valence-corrected chi connectivity index (χ4v) is 4.36. The second kappa shape index (κ2) is 6.81. The van der Waals surface area contributed by atoms with Gasteiger partial charge in [0.1, 0.15) is 4.21 Å². The molecule has 0 aliphatic rings. The summed E-state index contributed by atoms with van der Waals surface area (Å²) in [6, 6.07) is 1.49. The van der Waals surface area contributed by atoms with Crippen molar-refractivity contribution < 1.29 is 13.5 Å². The average Bonchev–Trinajstić information content (AvgIpc) is 2.68. The Kier molecular flexibility index (Phi) is 5.94. The van der Waals surface area contributed by atoms with Crippen LogP contribution in [0, 0.1) is 6.92 Å². The van der Waals surface area contributed by atoms with Crippen LogP contribution < -0.4 is 4.72 Å². The zero-order chi connectivity index (χ0) is 14.6. The van der Waals surface area contributed by atoms with Gasteiger partial charge in [0.15, 0.2) is 0 Å². The van der Waals surface area contributed by atoms with E-state index in [1.165, 1.54) is 0 Å². The van der Waals surface area contributed by atoms with E-state index >= 15 is 0 Å². The molecule has 0 aromatic carbocycles. The number of nitrogens with one attached hydrogen (secondary N) is 1. The third-order valence-corrected chi connectivity index (χ3v) is 6.06. The van der Waals surface area contributed by atoms with Crippen molar-refractivity contribution in [3.8, 4) is 0 Å². The van der Waals surface area contributed by atoms with Crippen LogP contribution in [-0.2, 0) is 16.6 Å². The van der Waals surface area contributed by atoms with E-state index in [1.54, 1.807) is 13.0 Å². The Morgan fingerprint density at radius 1 is 1.47 bits per heavy atom. The first kappa shape index (κ1) is 16.6. The van der Waals surface area contributed by atoms with Crippen molar-refractivity contribution in [2.75, 3.05) is 20.6 Å². The van der Waals surface area contributed by atoms with Gasteiger partial charge in [-0.15, -0.1) is 11.3 Å². The number of thiophene rings is 1. The first-order valence-corrected chi connectivity index (χ1v) is 8.43. The Balaban J connectivity index is 2.74. The predicted molar refractivity (Wildman–Crippen MR) is 77.9 cm³/mol. The van der Waals surface area contributed by atoms with Gasteiger partial charge >= 0.3 is 0 Å². The maximum atomic E-state index is 12.2. The molecular weight excluding hydrogens is 284 g/mol. The zero-order valence-corrected chi connectivity index (χ0v) is 13.4. The zero-order valence-electron chi connectivity index (χ0n) is 11.8. The topological polar surface area (TPSA) is 69.6 Å². The minimum Gasteiger partial charge on any atom is -0.391 e. The van der Waals surface area contributed by atoms with Gasteiger partial charge in [-0.1, -0.05) is 0 Å². The van der Waals surface area contributed by atoms with Crippen LogP contribution in [0.2, 0.25) is 0 Å². The van der Waals surface area contributed by atoms with Gasteiger partial charge in [-0.3, -0.25) is 0 Å². The van der Waals surface area contributed by atoms with E-state index in [1.807, 2.05) is 25.9 Å². The van der Waals surface area contributed by atoms with Crippen LogP contribution in [0.1, 0.15) is 23.8 Å². The molecule has 0 saturated heterocycles. The molecule has 1 heterocycles. The second-order valence-corrected chi connectivity index (χ2v) is 8.02. The molecule has 19 heavy (non-hydrogen) atoms. The van der Waals surface area contributed by atoms with Crippen molar-refractivity contribution in [2.24, 2.45) is 0 Å². The van der Waals surface area contributed by atoms with E-state index < -0.39 is 10.0 Å². The average molecular weight is 306 g/mol. The second-order valence-electron chi connectivity index (χ2n) is 4.94. The molecule has 0 aliphatic heterocycles. The standard InChI is InChI=1S/C12H22N2O3S2/c1-9-7-12(18-11(9)8-15)19(16,17)13-10(2)5-6-14(3)4/h7,10,13,15H,5-6,8H2,1-4H3. The summed E-state index contributed by atoms with van der Waals surface area (Å²) < 4.78 is 27.3. The van der Waals surface area contributed by atoms with Crippen molar-refractivity contribution in [1.82, 2.24) is 9.62 Å². The molecule has 0 saturated carbocycles. The Morgan fingerprint density at radius 3 is 2.58 bits per heavy atom. The molecule has 0 spiro atoms. The van der Waals surface area contributed by atoms with Gasteiger partial charge in [-0.05, 0) is 52.5 Å². The molecule has 1 aromatic rings. The summed E-state index contributed by atoms with van der Waals surface area (Å²) in [6.07, 6.45) is 0.753. The predicted octanol–water partition coefficient (Wildman–Crippen LogP) is 1.17. The molecule has 1 unspecified atom stereocenters. The SMILES string of the molecule is Cc1cc(S(=O)(=O)NC(C)CCN(C)C)sc1CO. The summed E-state index contributed by atoms with van der Waals surface area (Å²) in [7, 11) is 0.431. The Bertz CT molecular complexity index is 509. The highest BCUT2D eigenvalue weighted by atomic mass is 32.2. The van der Waals surface area contributed by atoms with Gasteiger partial charge < -0.3 is 10.0 Å². The molecule has 0 amide bonds. The largest absolute Gasteiger partial charge is 0.391 e. The van der Waals surface area contributed by atoms with Gasteiger partial charge in [0.05, 0.1) is 6.61 Å².